The zero-order valence-electron chi connectivity index (χ0n) is 15.8. The van der Waals surface area contributed by atoms with Gasteiger partial charge in [0.2, 0.25) is 0 Å². The highest BCUT2D eigenvalue weighted by molar-refractivity contribution is 7.10. The van der Waals surface area contributed by atoms with Gasteiger partial charge in [-0.25, -0.2) is 9.79 Å². The molecule has 0 bridgehead atoms. The fourth-order valence-corrected chi connectivity index (χ4v) is 3.09. The van der Waals surface area contributed by atoms with Gasteiger partial charge in [0.25, 0.3) is 0 Å². The standard InChI is InChI=1S/C19H26N4O3S/c1-4-20-17(22-13-19(2,25)16-6-5-11-27-16)21-12-14-7-9-15(10-8-14)23-18(24)26-3/h5-11,25H,4,12-13H2,1-3H3,(H,23,24)(H2,20,21,22). The van der Waals surface area contributed by atoms with Crippen molar-refractivity contribution in [3.8, 4) is 0 Å². The van der Waals surface area contributed by atoms with Crippen molar-refractivity contribution in [2.24, 2.45) is 4.99 Å². The van der Waals surface area contributed by atoms with Crippen LogP contribution in [-0.2, 0) is 16.9 Å². The zero-order chi connectivity index (χ0) is 19.7. The predicted molar refractivity (Wildman–Crippen MR) is 109 cm³/mol. The van der Waals surface area contributed by atoms with Crippen molar-refractivity contribution in [2.45, 2.75) is 26.0 Å². The molecule has 4 N–H and O–H groups in total. The molecule has 0 spiro atoms. The quantitative estimate of drug-likeness (QED) is 0.431. The molecule has 1 aromatic carbocycles. The number of guanidine groups is 1. The summed E-state index contributed by atoms with van der Waals surface area (Å²) in [4.78, 5) is 16.7. The molecule has 1 unspecified atom stereocenters. The molecule has 2 rings (SSSR count). The van der Waals surface area contributed by atoms with Gasteiger partial charge in [-0.3, -0.25) is 5.32 Å². The van der Waals surface area contributed by atoms with Crippen molar-refractivity contribution in [1.82, 2.24) is 10.6 Å². The van der Waals surface area contributed by atoms with Crippen LogP contribution in [0.25, 0.3) is 0 Å². The van der Waals surface area contributed by atoms with E-state index in [4.69, 9.17) is 0 Å². The number of amides is 1. The van der Waals surface area contributed by atoms with Crippen molar-refractivity contribution in [2.75, 3.05) is 25.5 Å². The van der Waals surface area contributed by atoms with Gasteiger partial charge in [-0.05, 0) is 43.0 Å². The summed E-state index contributed by atoms with van der Waals surface area (Å²) in [6.07, 6.45) is -0.503. The number of hydrogen-bond acceptors (Lipinski definition) is 5. The molecule has 0 saturated carbocycles. The number of rotatable bonds is 7. The lowest BCUT2D eigenvalue weighted by molar-refractivity contribution is 0.0655. The number of anilines is 1. The molecule has 1 heterocycles. The Balaban J connectivity index is 1.95. The summed E-state index contributed by atoms with van der Waals surface area (Å²) in [7, 11) is 1.32. The highest BCUT2D eigenvalue weighted by Crippen LogP contribution is 2.24. The average Bonchev–Trinajstić information content (AvgIpc) is 3.21. The van der Waals surface area contributed by atoms with E-state index < -0.39 is 11.7 Å². The fraction of sp³-hybridized carbons (Fsp3) is 0.368. The molecule has 1 aromatic heterocycles. The zero-order valence-corrected chi connectivity index (χ0v) is 16.6. The molecule has 27 heavy (non-hydrogen) atoms. The van der Waals surface area contributed by atoms with Crippen LogP contribution in [0.4, 0.5) is 10.5 Å². The van der Waals surface area contributed by atoms with Crippen molar-refractivity contribution < 1.29 is 14.6 Å². The Labute approximate surface area is 163 Å². The van der Waals surface area contributed by atoms with E-state index in [1.54, 1.807) is 19.1 Å². The van der Waals surface area contributed by atoms with E-state index in [-0.39, 0.29) is 0 Å². The van der Waals surface area contributed by atoms with Crippen molar-refractivity contribution in [1.29, 1.82) is 0 Å². The summed E-state index contributed by atoms with van der Waals surface area (Å²) in [5, 5.41) is 21.5. The number of thiophene rings is 1. The molecule has 1 amide bonds. The number of carbonyl (C=O) groups is 1. The number of nitrogens with one attached hydrogen (secondary N) is 3. The highest BCUT2D eigenvalue weighted by atomic mass is 32.1. The van der Waals surface area contributed by atoms with Gasteiger partial charge in [-0.1, -0.05) is 18.2 Å². The number of methoxy groups -OCH3 is 1. The Morgan fingerprint density at radius 2 is 2.00 bits per heavy atom. The van der Waals surface area contributed by atoms with Gasteiger partial charge in [0, 0.05) is 17.1 Å². The smallest absolute Gasteiger partial charge is 0.411 e. The number of benzene rings is 1. The molecule has 8 heteroatoms. The number of aliphatic imine (C=N–C) groups is 1. The minimum atomic E-state index is -0.967. The molecule has 0 aliphatic rings. The average molecular weight is 391 g/mol. The monoisotopic (exact) mass is 390 g/mol. The summed E-state index contributed by atoms with van der Waals surface area (Å²) in [5.41, 5.74) is 0.685. The number of carbonyl (C=O) groups excluding carboxylic acids is 1. The van der Waals surface area contributed by atoms with Crippen molar-refractivity contribution >= 4 is 29.1 Å². The Hall–Kier alpha value is -2.58. The van der Waals surface area contributed by atoms with Gasteiger partial charge in [-0.15, -0.1) is 11.3 Å². The van der Waals surface area contributed by atoms with Crippen molar-refractivity contribution in [3.05, 3.63) is 52.2 Å². The van der Waals surface area contributed by atoms with E-state index in [2.05, 4.69) is 25.7 Å². The predicted octanol–water partition coefficient (Wildman–Crippen LogP) is 2.89. The van der Waals surface area contributed by atoms with Gasteiger partial charge >= 0.3 is 6.09 Å². The lowest BCUT2D eigenvalue weighted by atomic mass is 10.1. The van der Waals surface area contributed by atoms with E-state index >= 15 is 0 Å². The van der Waals surface area contributed by atoms with Crippen LogP contribution in [0.5, 0.6) is 0 Å². The summed E-state index contributed by atoms with van der Waals surface area (Å²) in [6.45, 7) is 5.30. The lowest BCUT2D eigenvalue weighted by Gasteiger charge is -2.23. The molecule has 2 aromatic rings. The van der Waals surface area contributed by atoms with Crippen LogP contribution < -0.4 is 16.0 Å². The molecule has 0 saturated heterocycles. The van der Waals surface area contributed by atoms with Gasteiger partial charge in [0.15, 0.2) is 5.96 Å². The minimum absolute atomic E-state index is 0.349. The number of aliphatic hydroxyl groups is 1. The Kier molecular flexibility index (Phi) is 7.63. The van der Waals surface area contributed by atoms with Gasteiger partial charge in [0.1, 0.15) is 5.60 Å². The lowest BCUT2D eigenvalue weighted by Crippen LogP contribution is -2.44. The molecule has 0 aliphatic heterocycles. The number of hydrogen-bond donors (Lipinski definition) is 4. The molecular formula is C19H26N4O3S. The number of ether oxygens (including phenoxy) is 1. The van der Waals surface area contributed by atoms with E-state index in [9.17, 15) is 9.90 Å². The third-order valence-corrected chi connectivity index (χ3v) is 4.92. The third kappa shape index (κ3) is 6.58. The van der Waals surface area contributed by atoms with Crippen LogP contribution >= 0.6 is 11.3 Å². The van der Waals surface area contributed by atoms with Crippen molar-refractivity contribution in [3.63, 3.8) is 0 Å². The topological polar surface area (TPSA) is 95.0 Å². The molecule has 146 valence electrons. The molecule has 7 nitrogen and oxygen atoms in total. The normalized spacial score (nSPS) is 13.6. The summed E-state index contributed by atoms with van der Waals surface area (Å²) in [6, 6.07) is 11.2. The maximum atomic E-state index is 11.2. The molecule has 0 fully saturated rings. The first-order chi connectivity index (χ1) is 12.9. The molecule has 0 aliphatic carbocycles. The van der Waals surface area contributed by atoms with E-state index in [1.807, 2.05) is 36.6 Å². The SMILES string of the molecule is CCNC(=NCc1ccc(NC(=O)OC)cc1)NCC(C)(O)c1cccs1. The van der Waals surface area contributed by atoms with Crippen LogP contribution in [-0.4, -0.2) is 37.4 Å². The summed E-state index contributed by atoms with van der Waals surface area (Å²) < 4.78 is 4.56. The first-order valence-corrected chi connectivity index (χ1v) is 9.55. The van der Waals surface area contributed by atoms with Crippen LogP contribution in [0, 0.1) is 0 Å². The van der Waals surface area contributed by atoms with Crippen LogP contribution in [0.15, 0.2) is 46.8 Å². The Morgan fingerprint density at radius 3 is 2.59 bits per heavy atom. The van der Waals surface area contributed by atoms with Gasteiger partial charge < -0.3 is 20.5 Å². The first-order valence-electron chi connectivity index (χ1n) is 8.67. The highest BCUT2D eigenvalue weighted by Gasteiger charge is 2.24. The fourth-order valence-electron chi connectivity index (χ4n) is 2.30. The van der Waals surface area contributed by atoms with Crippen LogP contribution in [0.2, 0.25) is 0 Å². The third-order valence-electron chi connectivity index (χ3n) is 3.80. The van der Waals surface area contributed by atoms with E-state index in [0.29, 0.717) is 24.7 Å². The maximum absolute atomic E-state index is 11.2. The Morgan fingerprint density at radius 1 is 1.26 bits per heavy atom. The summed E-state index contributed by atoms with van der Waals surface area (Å²) in [5.74, 6) is 0.631. The maximum Gasteiger partial charge on any atom is 0.411 e. The minimum Gasteiger partial charge on any atom is -0.453 e. The second-order valence-corrected chi connectivity index (χ2v) is 7.06. The molecule has 0 radical (unpaired) electrons. The van der Waals surface area contributed by atoms with Crippen LogP contribution in [0.1, 0.15) is 24.3 Å². The Bertz CT molecular complexity index is 743. The van der Waals surface area contributed by atoms with Gasteiger partial charge in [-0.2, -0.15) is 0 Å². The van der Waals surface area contributed by atoms with Crippen LogP contribution in [0.3, 0.4) is 0 Å². The molecule has 1 atom stereocenters. The first kappa shape index (κ1) is 20.7. The van der Waals surface area contributed by atoms with E-state index in [1.165, 1.54) is 18.4 Å². The summed E-state index contributed by atoms with van der Waals surface area (Å²) >= 11 is 1.52. The number of nitrogens with zero attached hydrogens (tertiary/aromatic N) is 1. The molecular weight excluding hydrogens is 364 g/mol. The second kappa shape index (κ2) is 9.94. The van der Waals surface area contributed by atoms with E-state index in [0.717, 1.165) is 17.0 Å². The second-order valence-electron chi connectivity index (χ2n) is 6.11. The van der Waals surface area contributed by atoms with Gasteiger partial charge in [0.05, 0.1) is 20.2 Å². The largest absolute Gasteiger partial charge is 0.453 e.